The molecule has 1 aromatic rings. The van der Waals surface area contributed by atoms with Gasteiger partial charge < -0.3 is 9.80 Å². The van der Waals surface area contributed by atoms with E-state index in [9.17, 15) is 9.59 Å². The quantitative estimate of drug-likeness (QED) is 0.777. The molecule has 2 amide bonds. The Hall–Kier alpha value is -1.49. The molecule has 1 rings (SSSR count). The van der Waals surface area contributed by atoms with Crippen molar-refractivity contribution in [2.45, 2.75) is 19.6 Å². The van der Waals surface area contributed by atoms with Gasteiger partial charge in [0.05, 0.1) is 6.54 Å². The van der Waals surface area contributed by atoms with Crippen LogP contribution in [-0.4, -0.2) is 54.6 Å². The third-order valence-corrected chi connectivity index (χ3v) is 3.97. The number of rotatable bonds is 7. The first kappa shape index (κ1) is 17.6. The Kier molecular flexibility index (Phi) is 7.29. The molecule has 0 saturated heterocycles. The maximum Gasteiger partial charge on any atom is 0.254 e. The lowest BCUT2D eigenvalue weighted by molar-refractivity contribution is -0.131. The lowest BCUT2D eigenvalue weighted by atomic mass is 10.1. The Bertz CT molecular complexity index is 470. The molecule has 0 aliphatic heterocycles. The molecule has 4 nitrogen and oxygen atoms in total. The minimum atomic E-state index is -0.119. The molecule has 0 aliphatic rings. The van der Waals surface area contributed by atoms with Gasteiger partial charge in [-0.05, 0) is 37.8 Å². The van der Waals surface area contributed by atoms with E-state index < -0.39 is 0 Å². The highest BCUT2D eigenvalue weighted by Gasteiger charge is 2.17. The summed E-state index contributed by atoms with van der Waals surface area (Å²) in [6.07, 6.45) is 2.05. The van der Waals surface area contributed by atoms with Crippen LogP contribution in [-0.2, 0) is 10.5 Å². The third kappa shape index (κ3) is 5.08. The highest BCUT2D eigenvalue weighted by Crippen LogP contribution is 2.12. The van der Waals surface area contributed by atoms with Crippen LogP contribution in [0.5, 0.6) is 0 Å². The second kappa shape index (κ2) is 8.72. The number of amides is 2. The van der Waals surface area contributed by atoms with Gasteiger partial charge in [-0.1, -0.05) is 12.1 Å². The summed E-state index contributed by atoms with van der Waals surface area (Å²) < 4.78 is 0. The van der Waals surface area contributed by atoms with E-state index in [1.807, 2.05) is 44.4 Å². The second-order valence-electron chi connectivity index (χ2n) is 4.86. The number of benzene rings is 1. The van der Waals surface area contributed by atoms with Gasteiger partial charge in [-0.25, -0.2) is 0 Å². The van der Waals surface area contributed by atoms with Crippen LogP contribution in [0.1, 0.15) is 29.8 Å². The zero-order chi connectivity index (χ0) is 15.8. The molecule has 1 aromatic carbocycles. The van der Waals surface area contributed by atoms with Gasteiger partial charge in [0.1, 0.15) is 0 Å². The van der Waals surface area contributed by atoms with Crippen LogP contribution in [0.2, 0.25) is 0 Å². The summed E-state index contributed by atoms with van der Waals surface area (Å²) in [5, 5.41) is 0. The van der Waals surface area contributed by atoms with Gasteiger partial charge in [0.25, 0.3) is 5.91 Å². The molecule has 0 aliphatic carbocycles. The Morgan fingerprint density at radius 1 is 1.10 bits per heavy atom. The molecule has 0 fully saturated rings. The van der Waals surface area contributed by atoms with Crippen molar-refractivity contribution in [3.63, 3.8) is 0 Å². The summed E-state index contributed by atoms with van der Waals surface area (Å²) in [7, 11) is 1.67. The molecule has 0 spiro atoms. The SMILES string of the molecule is CCN(CC)C(=O)CN(C)C(=O)c1ccc(CSC)cc1. The summed E-state index contributed by atoms with van der Waals surface area (Å²) in [4.78, 5) is 27.5. The fraction of sp³-hybridized carbons (Fsp3) is 0.500. The van der Waals surface area contributed by atoms with E-state index in [2.05, 4.69) is 0 Å². The van der Waals surface area contributed by atoms with Crippen LogP contribution >= 0.6 is 11.8 Å². The summed E-state index contributed by atoms with van der Waals surface area (Å²) in [6, 6.07) is 7.58. The predicted molar refractivity (Wildman–Crippen MR) is 88.5 cm³/mol. The van der Waals surface area contributed by atoms with E-state index in [1.165, 1.54) is 10.5 Å². The molecule has 5 heteroatoms. The molecule has 0 saturated carbocycles. The van der Waals surface area contributed by atoms with Crippen molar-refractivity contribution in [1.29, 1.82) is 0 Å². The van der Waals surface area contributed by atoms with E-state index in [1.54, 1.807) is 23.7 Å². The normalized spacial score (nSPS) is 10.3. The fourth-order valence-corrected chi connectivity index (χ4v) is 2.61. The minimum Gasteiger partial charge on any atom is -0.342 e. The number of thioether (sulfide) groups is 1. The summed E-state index contributed by atoms with van der Waals surface area (Å²) in [5.74, 6) is 0.797. The van der Waals surface area contributed by atoms with Crippen LogP contribution in [0.3, 0.4) is 0 Å². The summed E-state index contributed by atoms with van der Waals surface area (Å²) in [5.41, 5.74) is 1.82. The molecule has 21 heavy (non-hydrogen) atoms. The van der Waals surface area contributed by atoms with E-state index in [-0.39, 0.29) is 18.4 Å². The standard InChI is InChI=1S/C16H24N2O2S/c1-5-18(6-2)15(19)11-17(3)16(20)14-9-7-13(8-10-14)12-21-4/h7-10H,5-6,11-12H2,1-4H3. The first-order valence-electron chi connectivity index (χ1n) is 7.14. The van der Waals surface area contributed by atoms with Gasteiger partial charge in [0.15, 0.2) is 0 Å². The average Bonchev–Trinajstić information content (AvgIpc) is 2.48. The Morgan fingerprint density at radius 2 is 1.67 bits per heavy atom. The zero-order valence-corrected chi connectivity index (χ0v) is 14.1. The number of carbonyl (C=O) groups excluding carboxylic acids is 2. The fourth-order valence-electron chi connectivity index (χ4n) is 2.08. The lowest BCUT2D eigenvalue weighted by Crippen LogP contribution is -2.41. The van der Waals surface area contributed by atoms with Crippen molar-refractivity contribution in [3.05, 3.63) is 35.4 Å². The lowest BCUT2D eigenvalue weighted by Gasteiger charge is -2.23. The van der Waals surface area contributed by atoms with Gasteiger partial charge >= 0.3 is 0 Å². The molecule has 0 N–H and O–H groups in total. The minimum absolute atomic E-state index is 0.0187. The monoisotopic (exact) mass is 308 g/mol. The number of hydrogen-bond donors (Lipinski definition) is 0. The topological polar surface area (TPSA) is 40.6 Å². The predicted octanol–water partition coefficient (Wildman–Crippen LogP) is 2.49. The smallest absolute Gasteiger partial charge is 0.254 e. The maximum atomic E-state index is 12.3. The van der Waals surface area contributed by atoms with Crippen LogP contribution in [0.4, 0.5) is 0 Å². The largest absolute Gasteiger partial charge is 0.342 e. The molecule has 0 bridgehead atoms. The highest BCUT2D eigenvalue weighted by atomic mass is 32.2. The van der Waals surface area contributed by atoms with E-state index in [0.717, 1.165) is 5.75 Å². The van der Waals surface area contributed by atoms with Gasteiger partial charge in [-0.2, -0.15) is 11.8 Å². The molecule has 0 heterocycles. The van der Waals surface area contributed by atoms with Gasteiger partial charge in [-0.3, -0.25) is 9.59 Å². The third-order valence-electron chi connectivity index (χ3n) is 3.35. The number of likely N-dealkylation sites (N-methyl/N-ethyl adjacent to an activating group) is 2. The Labute approximate surface area is 131 Å². The Balaban J connectivity index is 2.67. The van der Waals surface area contributed by atoms with E-state index >= 15 is 0 Å². The first-order chi connectivity index (χ1) is 10.0. The summed E-state index contributed by atoms with van der Waals surface area (Å²) in [6.45, 7) is 5.33. The number of carbonyl (C=O) groups is 2. The van der Waals surface area contributed by atoms with Crippen LogP contribution in [0.25, 0.3) is 0 Å². The van der Waals surface area contributed by atoms with Gasteiger partial charge in [0, 0.05) is 31.5 Å². The molecular formula is C16H24N2O2S. The maximum absolute atomic E-state index is 12.3. The van der Waals surface area contributed by atoms with Crippen molar-refractivity contribution in [3.8, 4) is 0 Å². The average molecular weight is 308 g/mol. The second-order valence-corrected chi connectivity index (χ2v) is 5.72. The van der Waals surface area contributed by atoms with E-state index in [4.69, 9.17) is 0 Å². The molecule has 0 atom stereocenters. The number of nitrogens with zero attached hydrogens (tertiary/aromatic N) is 2. The van der Waals surface area contributed by atoms with Crippen LogP contribution < -0.4 is 0 Å². The van der Waals surface area contributed by atoms with Crippen molar-refractivity contribution >= 4 is 23.6 Å². The first-order valence-corrected chi connectivity index (χ1v) is 8.53. The molecular weight excluding hydrogens is 284 g/mol. The molecule has 0 aromatic heterocycles. The van der Waals surface area contributed by atoms with Crippen molar-refractivity contribution in [2.75, 3.05) is 32.9 Å². The van der Waals surface area contributed by atoms with Crippen molar-refractivity contribution < 1.29 is 9.59 Å². The van der Waals surface area contributed by atoms with E-state index in [0.29, 0.717) is 18.7 Å². The zero-order valence-electron chi connectivity index (χ0n) is 13.3. The van der Waals surface area contributed by atoms with Crippen LogP contribution in [0.15, 0.2) is 24.3 Å². The molecule has 116 valence electrons. The van der Waals surface area contributed by atoms with Crippen LogP contribution in [0, 0.1) is 0 Å². The number of hydrogen-bond acceptors (Lipinski definition) is 3. The van der Waals surface area contributed by atoms with Gasteiger partial charge in [0.2, 0.25) is 5.91 Å². The van der Waals surface area contributed by atoms with Crippen molar-refractivity contribution in [2.24, 2.45) is 0 Å². The molecule has 0 unspecified atom stereocenters. The Morgan fingerprint density at radius 3 is 2.14 bits per heavy atom. The van der Waals surface area contributed by atoms with Gasteiger partial charge in [-0.15, -0.1) is 0 Å². The highest BCUT2D eigenvalue weighted by molar-refractivity contribution is 7.97. The summed E-state index contributed by atoms with van der Waals surface area (Å²) >= 11 is 1.75. The van der Waals surface area contributed by atoms with Crippen molar-refractivity contribution in [1.82, 2.24) is 9.80 Å². The molecule has 0 radical (unpaired) electrons.